The Morgan fingerprint density at radius 2 is 2.12 bits per heavy atom. The third-order valence-corrected chi connectivity index (χ3v) is 6.99. The minimum Gasteiger partial charge on any atom is -0.385 e. The van der Waals surface area contributed by atoms with Crippen molar-refractivity contribution in [1.82, 2.24) is 10.2 Å². The van der Waals surface area contributed by atoms with Gasteiger partial charge in [-0.05, 0) is 62.7 Å². The summed E-state index contributed by atoms with van der Waals surface area (Å²) in [6.45, 7) is 7.81. The topological polar surface area (TPSA) is 54.0 Å². The van der Waals surface area contributed by atoms with Crippen molar-refractivity contribution in [3.8, 4) is 0 Å². The van der Waals surface area contributed by atoms with Crippen LogP contribution in [0.1, 0.15) is 49.7 Å². The van der Waals surface area contributed by atoms with Gasteiger partial charge in [-0.25, -0.2) is 0 Å². The number of nitrogens with one attached hydrogen (secondary N) is 1. The minimum absolute atomic E-state index is 0.126. The first-order valence-electron chi connectivity index (χ1n) is 13.0. The molecule has 1 N–H and O–H groups in total. The predicted molar refractivity (Wildman–Crippen MR) is 138 cm³/mol. The highest BCUT2D eigenvalue weighted by Crippen LogP contribution is 2.36. The first-order valence-corrected chi connectivity index (χ1v) is 13.0. The van der Waals surface area contributed by atoms with Crippen molar-refractivity contribution in [2.45, 2.75) is 57.6 Å². The van der Waals surface area contributed by atoms with Crippen LogP contribution in [-0.4, -0.2) is 76.0 Å². The molecule has 0 bridgehead atoms. The highest BCUT2D eigenvalue weighted by molar-refractivity contribution is 5.87. The van der Waals surface area contributed by atoms with E-state index in [4.69, 9.17) is 9.47 Å². The number of allylic oxidation sites excluding steroid dienone is 3. The predicted octanol–water partition coefficient (Wildman–Crippen LogP) is 3.94. The van der Waals surface area contributed by atoms with Crippen LogP contribution in [0.25, 0.3) is 5.57 Å². The van der Waals surface area contributed by atoms with Crippen molar-refractivity contribution in [2.75, 3.05) is 57.9 Å². The van der Waals surface area contributed by atoms with E-state index in [2.05, 4.69) is 58.5 Å². The van der Waals surface area contributed by atoms with E-state index in [1.54, 1.807) is 7.11 Å². The number of benzene rings is 1. The number of unbranched alkanes of at least 4 members (excludes halogenated alkanes) is 1. The smallest absolute Gasteiger partial charge is 0.253 e. The van der Waals surface area contributed by atoms with Crippen LogP contribution in [0.15, 0.2) is 36.4 Å². The van der Waals surface area contributed by atoms with Gasteiger partial charge in [0.25, 0.3) is 5.91 Å². The van der Waals surface area contributed by atoms with E-state index in [-0.39, 0.29) is 12.0 Å². The molecule has 1 aliphatic carbocycles. The molecule has 3 fully saturated rings. The fraction of sp³-hybridized carbons (Fsp3) is 0.607. The number of amides is 1. The van der Waals surface area contributed by atoms with E-state index >= 15 is 0 Å². The number of rotatable bonds is 11. The summed E-state index contributed by atoms with van der Waals surface area (Å²) in [5, 5.41) is 3.31. The van der Waals surface area contributed by atoms with Gasteiger partial charge in [-0.2, -0.15) is 0 Å². The Hall–Kier alpha value is -2.15. The number of anilines is 1. The Bertz CT molecular complexity index is 866. The number of methoxy groups -OCH3 is 1. The van der Waals surface area contributed by atoms with Gasteiger partial charge < -0.3 is 24.6 Å². The van der Waals surface area contributed by atoms with Crippen LogP contribution in [0.3, 0.4) is 0 Å². The SMILES string of the molecule is COCCC/C=C/C=C(/CN(C(=O)[C@H]1CNCCO1)C1CC1)c1c(C)cccc1N1CCCC1. The summed E-state index contributed by atoms with van der Waals surface area (Å²) in [5.74, 6) is 0.126. The standard InChI is InChI=1S/C28H41N3O3/c1-22-10-9-12-25(30-16-6-7-17-30)27(22)23(11-5-3-4-8-18-33-2)21-31(24-13-14-24)28(32)26-20-29-15-19-34-26/h3,5,9-12,24,26,29H,4,6-8,13-21H2,1-2H3/b5-3+,23-11-/t26-/m1/s1. The lowest BCUT2D eigenvalue weighted by molar-refractivity contribution is -0.145. The number of aryl methyl sites for hydroxylation is 1. The van der Waals surface area contributed by atoms with Crippen LogP contribution in [0.2, 0.25) is 0 Å². The highest BCUT2D eigenvalue weighted by Gasteiger charge is 2.37. The van der Waals surface area contributed by atoms with Crippen LogP contribution in [-0.2, 0) is 14.3 Å². The molecule has 0 spiro atoms. The van der Waals surface area contributed by atoms with Gasteiger partial charge in [0.1, 0.15) is 6.10 Å². The summed E-state index contributed by atoms with van der Waals surface area (Å²) in [5.41, 5.74) is 5.07. The number of carbonyl (C=O) groups excluding carboxylic acids is 1. The molecule has 0 aromatic heterocycles. The van der Waals surface area contributed by atoms with E-state index in [0.717, 1.165) is 51.9 Å². The molecule has 1 saturated carbocycles. The molecule has 0 radical (unpaired) electrons. The van der Waals surface area contributed by atoms with Crippen LogP contribution in [0.4, 0.5) is 5.69 Å². The van der Waals surface area contributed by atoms with Gasteiger partial charge in [0.05, 0.1) is 6.61 Å². The van der Waals surface area contributed by atoms with Crippen LogP contribution >= 0.6 is 0 Å². The summed E-state index contributed by atoms with van der Waals surface area (Å²) in [7, 11) is 1.74. The highest BCUT2D eigenvalue weighted by atomic mass is 16.5. The van der Waals surface area contributed by atoms with E-state index in [1.165, 1.54) is 35.2 Å². The molecular weight excluding hydrogens is 426 g/mol. The normalized spacial score (nSPS) is 21.4. The van der Waals surface area contributed by atoms with E-state index in [1.807, 2.05) is 0 Å². The van der Waals surface area contributed by atoms with Crippen molar-refractivity contribution >= 4 is 17.2 Å². The van der Waals surface area contributed by atoms with Gasteiger partial charge in [-0.3, -0.25) is 4.79 Å². The second-order valence-electron chi connectivity index (χ2n) is 9.68. The first-order chi connectivity index (χ1) is 16.7. The summed E-state index contributed by atoms with van der Waals surface area (Å²) < 4.78 is 11.0. The lowest BCUT2D eigenvalue weighted by Crippen LogP contribution is -2.50. The number of carbonyl (C=O) groups is 1. The number of ether oxygens (including phenoxy) is 2. The van der Waals surface area contributed by atoms with Crippen LogP contribution < -0.4 is 10.2 Å². The van der Waals surface area contributed by atoms with Crippen molar-refractivity contribution in [3.05, 3.63) is 47.6 Å². The van der Waals surface area contributed by atoms with Gasteiger partial charge in [-0.15, -0.1) is 0 Å². The average Bonchev–Trinajstić information content (AvgIpc) is 3.56. The molecule has 2 heterocycles. The van der Waals surface area contributed by atoms with Crippen molar-refractivity contribution in [2.24, 2.45) is 0 Å². The molecule has 1 aromatic carbocycles. The number of morpholine rings is 1. The maximum atomic E-state index is 13.5. The van der Waals surface area contributed by atoms with Crippen LogP contribution in [0.5, 0.6) is 0 Å². The molecule has 4 rings (SSSR count). The van der Waals surface area contributed by atoms with Gasteiger partial charge in [0, 0.05) is 63.7 Å². The molecule has 186 valence electrons. The molecular formula is C28H41N3O3. The fourth-order valence-electron chi connectivity index (χ4n) is 5.00. The fourth-order valence-corrected chi connectivity index (χ4v) is 5.00. The zero-order chi connectivity index (χ0) is 23.8. The maximum Gasteiger partial charge on any atom is 0.253 e. The van der Waals surface area contributed by atoms with E-state index in [0.29, 0.717) is 25.7 Å². The van der Waals surface area contributed by atoms with Gasteiger partial charge >= 0.3 is 0 Å². The summed E-state index contributed by atoms with van der Waals surface area (Å²) >= 11 is 0. The molecule has 2 saturated heterocycles. The molecule has 34 heavy (non-hydrogen) atoms. The third kappa shape index (κ3) is 6.49. The Kier molecular flexibility index (Phi) is 9.19. The lowest BCUT2D eigenvalue weighted by atomic mass is 9.96. The van der Waals surface area contributed by atoms with E-state index in [9.17, 15) is 4.79 Å². The molecule has 1 atom stereocenters. The molecule has 6 nitrogen and oxygen atoms in total. The first kappa shape index (κ1) is 25.0. The van der Waals surface area contributed by atoms with Gasteiger partial charge in [-0.1, -0.05) is 30.4 Å². The number of nitrogens with zero attached hydrogens (tertiary/aromatic N) is 2. The maximum absolute atomic E-state index is 13.5. The zero-order valence-electron chi connectivity index (χ0n) is 20.9. The Balaban J connectivity index is 1.62. The summed E-state index contributed by atoms with van der Waals surface area (Å²) in [6.07, 6.45) is 12.9. The Morgan fingerprint density at radius 3 is 2.82 bits per heavy atom. The largest absolute Gasteiger partial charge is 0.385 e. The number of hydrogen-bond donors (Lipinski definition) is 1. The summed E-state index contributed by atoms with van der Waals surface area (Å²) in [4.78, 5) is 18.1. The van der Waals surface area contributed by atoms with Crippen LogP contribution in [0, 0.1) is 6.92 Å². The second-order valence-corrected chi connectivity index (χ2v) is 9.68. The molecule has 1 amide bonds. The monoisotopic (exact) mass is 467 g/mol. The van der Waals surface area contributed by atoms with Crippen molar-refractivity contribution in [1.29, 1.82) is 0 Å². The van der Waals surface area contributed by atoms with Crippen molar-refractivity contribution in [3.63, 3.8) is 0 Å². The van der Waals surface area contributed by atoms with Gasteiger partial charge in [0.2, 0.25) is 0 Å². The average molecular weight is 468 g/mol. The summed E-state index contributed by atoms with van der Waals surface area (Å²) in [6, 6.07) is 6.94. The second kappa shape index (κ2) is 12.5. The third-order valence-electron chi connectivity index (χ3n) is 6.99. The molecule has 1 aromatic rings. The lowest BCUT2D eigenvalue weighted by Gasteiger charge is -2.32. The molecule has 3 aliphatic rings. The van der Waals surface area contributed by atoms with E-state index < -0.39 is 0 Å². The Labute approximate surface area is 205 Å². The molecule has 0 unspecified atom stereocenters. The van der Waals surface area contributed by atoms with Crippen molar-refractivity contribution < 1.29 is 14.3 Å². The number of hydrogen-bond acceptors (Lipinski definition) is 5. The zero-order valence-corrected chi connectivity index (χ0v) is 20.9. The minimum atomic E-state index is -0.380. The quantitative estimate of drug-likeness (QED) is 0.395. The molecule has 6 heteroatoms. The van der Waals surface area contributed by atoms with Gasteiger partial charge in [0.15, 0.2) is 0 Å². The Morgan fingerprint density at radius 1 is 1.29 bits per heavy atom. The molecule has 2 aliphatic heterocycles.